The minimum atomic E-state index is -3.25. The number of oxime groups is 1. The highest BCUT2D eigenvalue weighted by Gasteiger charge is 2.57. The number of halogens is 1. The van der Waals surface area contributed by atoms with E-state index >= 15 is 4.39 Å². The third-order valence-electron chi connectivity index (χ3n) is 13.7. The normalized spacial score (nSPS) is 35.1. The quantitative estimate of drug-likeness (QED) is 0.111. The summed E-state index contributed by atoms with van der Waals surface area (Å²) in [6.45, 7) is 17.1. The van der Waals surface area contributed by atoms with Gasteiger partial charge in [-0.2, -0.15) is 0 Å². The van der Waals surface area contributed by atoms with Gasteiger partial charge >= 0.3 is 5.97 Å². The number of carbonyl (C=O) groups excluding carboxylic acids is 4. The van der Waals surface area contributed by atoms with Crippen molar-refractivity contribution in [1.29, 1.82) is 0 Å². The number of cyclic esters (lactones) is 1. The lowest BCUT2D eigenvalue weighted by atomic mass is 9.73. The molecular weight excluding hydrogens is 942 g/mol. The maximum absolute atomic E-state index is 17.0. The van der Waals surface area contributed by atoms with Gasteiger partial charge in [0, 0.05) is 35.4 Å². The van der Waals surface area contributed by atoms with Crippen LogP contribution in [0.1, 0.15) is 114 Å². The van der Waals surface area contributed by atoms with Crippen LogP contribution in [0.25, 0.3) is 10.7 Å². The molecular formula is C50H76FN7O12S. The Morgan fingerprint density at radius 2 is 1.79 bits per heavy atom. The van der Waals surface area contributed by atoms with Gasteiger partial charge in [-0.3, -0.25) is 14.4 Å². The summed E-state index contributed by atoms with van der Waals surface area (Å²) < 4.78 is 49.2. The zero-order valence-corrected chi connectivity index (χ0v) is 44.3. The van der Waals surface area contributed by atoms with Crippen LogP contribution in [0, 0.1) is 23.7 Å². The summed E-state index contributed by atoms with van der Waals surface area (Å²) in [6.07, 6.45) is -6.17. The Labute approximate surface area is 420 Å². The van der Waals surface area contributed by atoms with Crippen LogP contribution in [0.15, 0.2) is 33.7 Å². The first kappa shape index (κ1) is 57.7. The molecule has 14 atom stereocenters. The van der Waals surface area contributed by atoms with Crippen molar-refractivity contribution in [2.24, 2.45) is 39.6 Å². The first-order valence-electron chi connectivity index (χ1n) is 24.6. The number of anilines is 1. The molecule has 2 amide bonds. The van der Waals surface area contributed by atoms with Crippen LogP contribution in [0.4, 0.5) is 10.2 Å². The number of amides is 2. The van der Waals surface area contributed by atoms with Crippen molar-refractivity contribution < 1.29 is 62.3 Å². The standard InChI is InChI=1S/C50H76FN7O12S/c1-14-36-50(11,64)43-29(7)39(56-38(59)15-2)27(5)21-48(9,42(30(8)41(61)49(10,51)47(63)69-36)70-46-40(60)35(58(12)13)20-28(6)68-46)66-23-31(22-65-43)57-67-24-32-25-71-45(53-32)34-17-16-18-37(54-34)55-44(62)33(52)19-26(3)4/h16-18,25-30,33,35-36,40,42-43,46,60,64H,14-15,19-24,52H2,1-13H3,(H,54,55,62)/b56-39?,57-31+/t27-,28-,29+,30+,33+,35+,36-,40-,42-,43-,46+,48?,49?,50?/m1/s1. The number of hydrogen-bond acceptors (Lipinski definition) is 18. The fraction of sp³-hybridized carbons (Fsp3) is 0.720. The summed E-state index contributed by atoms with van der Waals surface area (Å²) in [7, 11) is 3.62. The molecule has 0 saturated carbocycles. The lowest BCUT2D eigenvalue weighted by Gasteiger charge is -2.47. The number of carbonyl (C=O) groups is 4. The third kappa shape index (κ3) is 13.9. The molecule has 3 aliphatic heterocycles. The van der Waals surface area contributed by atoms with Crippen molar-refractivity contribution in [3.05, 3.63) is 29.3 Å². The zero-order valence-electron chi connectivity index (χ0n) is 43.5. The number of nitrogens with two attached hydrogens (primary N) is 1. The molecule has 21 heteroatoms. The summed E-state index contributed by atoms with van der Waals surface area (Å²) in [4.78, 5) is 76.2. The van der Waals surface area contributed by atoms with Gasteiger partial charge in [0.15, 0.2) is 18.7 Å². The number of nitrogens with one attached hydrogen (secondary N) is 1. The van der Waals surface area contributed by atoms with Crippen LogP contribution in [0.3, 0.4) is 0 Å². The number of ketones is 1. The smallest absolute Gasteiger partial charge is 0.351 e. The largest absolute Gasteiger partial charge is 0.457 e. The number of likely N-dealkylation sites (N-methyl/N-ethyl adjacent to an activating group) is 1. The van der Waals surface area contributed by atoms with Crippen molar-refractivity contribution in [3.8, 4) is 10.7 Å². The van der Waals surface area contributed by atoms with E-state index < -0.39 is 101 Å². The van der Waals surface area contributed by atoms with Crippen LogP contribution in [-0.4, -0.2) is 153 Å². The van der Waals surface area contributed by atoms with Gasteiger partial charge in [0.2, 0.25) is 11.8 Å². The summed E-state index contributed by atoms with van der Waals surface area (Å²) >= 11 is 1.30. The molecule has 0 radical (unpaired) electrons. The number of ether oxygens (including phenoxy) is 5. The molecule has 5 heterocycles. The van der Waals surface area contributed by atoms with Crippen molar-refractivity contribution in [2.45, 2.75) is 181 Å². The van der Waals surface area contributed by atoms with Gasteiger partial charge in [-0.15, -0.1) is 11.3 Å². The Morgan fingerprint density at radius 1 is 1.08 bits per heavy atom. The predicted molar refractivity (Wildman–Crippen MR) is 265 cm³/mol. The van der Waals surface area contributed by atoms with Crippen molar-refractivity contribution in [2.75, 3.05) is 32.6 Å². The number of esters is 1. The topological polar surface area (TPSA) is 256 Å². The average molecular weight is 1020 g/mol. The molecule has 2 bridgehead atoms. The fourth-order valence-electron chi connectivity index (χ4n) is 9.79. The van der Waals surface area contributed by atoms with E-state index in [1.165, 1.54) is 25.2 Å². The van der Waals surface area contributed by atoms with Gasteiger partial charge in [-0.25, -0.2) is 24.1 Å². The third-order valence-corrected chi connectivity index (χ3v) is 14.6. The van der Waals surface area contributed by atoms with Gasteiger partial charge in [0.05, 0.1) is 48.9 Å². The highest BCUT2D eigenvalue weighted by molar-refractivity contribution is 7.13. The number of thiazole rings is 1. The number of Topliss-reactive ketones (excluding diaryl/α,β-unsaturated/α-hetero) is 1. The van der Waals surface area contributed by atoms with E-state index in [1.807, 2.05) is 46.7 Å². The number of aliphatic hydroxyl groups excluding tert-OH is 1. The molecule has 396 valence electrons. The number of aromatic nitrogens is 2. The van der Waals surface area contributed by atoms with E-state index in [4.69, 9.17) is 39.2 Å². The second-order valence-electron chi connectivity index (χ2n) is 20.5. The Morgan fingerprint density at radius 3 is 2.44 bits per heavy atom. The monoisotopic (exact) mass is 1020 g/mol. The summed E-state index contributed by atoms with van der Waals surface area (Å²) in [5.41, 5.74) is 0.619. The number of fused-ring (bicyclic) bond motifs is 5. The Bertz CT molecular complexity index is 2240. The maximum atomic E-state index is 17.0. The lowest BCUT2D eigenvalue weighted by molar-refractivity contribution is -0.296. The number of hydrogen-bond donors (Lipinski definition) is 4. The minimum Gasteiger partial charge on any atom is -0.457 e. The minimum absolute atomic E-state index is 0.0240. The van der Waals surface area contributed by atoms with Gasteiger partial charge in [0.1, 0.15) is 40.0 Å². The van der Waals surface area contributed by atoms with E-state index in [9.17, 15) is 29.4 Å². The summed E-state index contributed by atoms with van der Waals surface area (Å²) in [5.74, 6) is -5.95. The first-order valence-corrected chi connectivity index (χ1v) is 25.5. The van der Waals surface area contributed by atoms with Gasteiger partial charge in [0.25, 0.3) is 5.67 Å². The molecule has 0 aliphatic carbocycles. The number of pyridine rings is 1. The molecule has 0 aromatic carbocycles. The molecule has 3 fully saturated rings. The molecule has 2 aromatic heterocycles. The SMILES string of the molecule is CCC(=O)N=C1[C@H](C)CC2(C)OC/C(=N/OCc3csc(-c4cccc(NC(=O)[C@@H](N)CC(C)C)n4)n3)CO[C@H]([C@H]1C)C(C)(O)[C@@H](CC)OC(=O)C(C)(F)C(=O)[C@H](C)[C@H]2O[C@@H]1O[C@H](C)C[C@H](N(C)C)[C@H]1O. The maximum Gasteiger partial charge on any atom is 0.351 e. The second kappa shape index (κ2) is 24.2. The molecule has 2 aromatic rings. The number of rotatable bonds is 13. The van der Waals surface area contributed by atoms with E-state index in [1.54, 1.807) is 51.3 Å². The molecule has 71 heavy (non-hydrogen) atoms. The Balaban J connectivity index is 1.59. The highest BCUT2D eigenvalue weighted by Crippen LogP contribution is 2.41. The molecule has 3 saturated heterocycles. The Hall–Kier alpha value is -4.19. The van der Waals surface area contributed by atoms with Crippen LogP contribution < -0.4 is 11.1 Å². The van der Waals surface area contributed by atoms with Crippen LogP contribution in [-0.2, 0) is 54.3 Å². The van der Waals surface area contributed by atoms with Crippen molar-refractivity contribution in [3.63, 3.8) is 0 Å². The first-order chi connectivity index (χ1) is 33.2. The van der Waals surface area contributed by atoms with Gasteiger partial charge < -0.3 is 54.7 Å². The fourth-order valence-corrected chi connectivity index (χ4v) is 10.6. The molecule has 5 rings (SSSR count). The van der Waals surface area contributed by atoms with E-state index in [0.29, 0.717) is 40.8 Å². The van der Waals surface area contributed by atoms with Crippen LogP contribution in [0.5, 0.6) is 0 Å². The van der Waals surface area contributed by atoms with E-state index in [-0.39, 0.29) is 56.6 Å². The molecule has 19 nitrogen and oxygen atoms in total. The molecule has 0 spiro atoms. The summed E-state index contributed by atoms with van der Waals surface area (Å²) in [5, 5.41) is 33.8. The van der Waals surface area contributed by atoms with E-state index in [0.717, 1.165) is 6.92 Å². The van der Waals surface area contributed by atoms with E-state index in [2.05, 4.69) is 20.4 Å². The second-order valence-corrected chi connectivity index (χ2v) is 21.4. The zero-order chi connectivity index (χ0) is 52.7. The molecule has 5 N–H and O–H groups in total. The summed E-state index contributed by atoms with van der Waals surface area (Å²) in [6, 6.07) is 4.05. The van der Waals surface area contributed by atoms with Gasteiger partial charge in [-0.05, 0) is 91.4 Å². The Kier molecular flexibility index (Phi) is 19.7. The highest BCUT2D eigenvalue weighted by atomic mass is 32.1. The molecule has 3 aliphatic rings. The van der Waals surface area contributed by atoms with Crippen LogP contribution >= 0.6 is 11.3 Å². The molecule has 3 unspecified atom stereocenters. The average Bonchev–Trinajstić information content (AvgIpc) is 3.78. The van der Waals surface area contributed by atoms with Crippen molar-refractivity contribution in [1.82, 2.24) is 14.9 Å². The predicted octanol–water partition coefficient (Wildman–Crippen LogP) is 5.43. The lowest BCUT2D eigenvalue weighted by Crippen LogP contribution is -2.61. The number of aliphatic hydroxyl groups is 2. The van der Waals surface area contributed by atoms with Gasteiger partial charge in [-0.1, -0.05) is 59.7 Å². The van der Waals surface area contributed by atoms with Crippen LogP contribution in [0.2, 0.25) is 0 Å². The number of nitrogens with zero attached hydrogens (tertiary/aromatic N) is 5. The number of aliphatic imine (C=N–C) groups is 1. The number of alkyl halides is 1. The van der Waals surface area contributed by atoms with Crippen molar-refractivity contribution >= 4 is 52.1 Å².